The number of hydrogen-bond acceptors (Lipinski definition) is 8. The molecule has 29 heavy (non-hydrogen) atoms. The van der Waals surface area contributed by atoms with E-state index in [-0.39, 0.29) is 11.8 Å². The molecule has 0 bridgehead atoms. The lowest BCUT2D eigenvalue weighted by molar-refractivity contribution is 0.318. The zero-order valence-corrected chi connectivity index (χ0v) is 16.7. The lowest BCUT2D eigenvalue weighted by Gasteiger charge is -2.08. The lowest BCUT2D eigenvalue weighted by Crippen LogP contribution is -2.08. The molecule has 4 aromatic rings. The molecule has 0 saturated carbocycles. The molecule has 0 radical (unpaired) electrons. The van der Waals surface area contributed by atoms with Crippen molar-refractivity contribution in [1.82, 2.24) is 24.9 Å². The summed E-state index contributed by atoms with van der Waals surface area (Å²) in [6, 6.07) is 5.81. The molecule has 0 atom stereocenters. The zero-order valence-electron chi connectivity index (χ0n) is 15.9. The first-order valence-corrected chi connectivity index (χ1v) is 10.9. The topological polar surface area (TPSA) is 120 Å². The predicted octanol–water partition coefficient (Wildman–Crippen LogP) is 2.39. The van der Waals surface area contributed by atoms with Crippen molar-refractivity contribution >= 4 is 31.8 Å². The van der Waals surface area contributed by atoms with E-state index in [1.54, 1.807) is 6.20 Å². The Labute approximate surface area is 167 Å². The molecule has 3 heterocycles. The summed E-state index contributed by atoms with van der Waals surface area (Å²) in [5.74, 6) is 0.725. The Bertz CT molecular complexity index is 1290. The van der Waals surface area contributed by atoms with Gasteiger partial charge >= 0.3 is 6.01 Å². The minimum Gasteiger partial charge on any atom is -0.493 e. The third-order valence-electron chi connectivity index (χ3n) is 4.38. The second-order valence-corrected chi connectivity index (χ2v) is 8.81. The van der Waals surface area contributed by atoms with Crippen LogP contribution in [0.25, 0.3) is 33.2 Å². The molecule has 10 heteroatoms. The van der Waals surface area contributed by atoms with E-state index in [1.807, 2.05) is 24.4 Å². The molecule has 0 aliphatic carbocycles. The van der Waals surface area contributed by atoms with E-state index in [1.165, 1.54) is 19.7 Å². The molecule has 4 rings (SSSR count). The average molecular weight is 413 g/mol. The smallest absolute Gasteiger partial charge is 0.318 e. The number of H-pyrrole nitrogens is 1. The van der Waals surface area contributed by atoms with E-state index in [4.69, 9.17) is 9.47 Å². The highest BCUT2D eigenvalue weighted by atomic mass is 32.2. The maximum Gasteiger partial charge on any atom is 0.318 e. The number of rotatable bonds is 7. The van der Waals surface area contributed by atoms with Gasteiger partial charge in [0.05, 0.1) is 30.7 Å². The molecule has 0 aliphatic rings. The number of aromatic nitrogens is 5. The van der Waals surface area contributed by atoms with Crippen molar-refractivity contribution in [3.05, 3.63) is 36.9 Å². The summed E-state index contributed by atoms with van der Waals surface area (Å²) in [6.07, 6.45) is 6.67. The summed E-state index contributed by atoms with van der Waals surface area (Å²) in [5, 5.41) is 1.68. The van der Waals surface area contributed by atoms with Gasteiger partial charge in [0.15, 0.2) is 0 Å². The normalized spacial score (nSPS) is 11.8. The van der Waals surface area contributed by atoms with Crippen LogP contribution in [0.15, 0.2) is 36.9 Å². The van der Waals surface area contributed by atoms with Crippen molar-refractivity contribution < 1.29 is 17.9 Å². The molecule has 0 fully saturated rings. The molecule has 9 nitrogen and oxygen atoms in total. The SMILES string of the molecule is COc1ncc2c(-c3ncnc4cc(OCCCS(C)(=O)=O)ccc34)c[nH]c2n1. The maximum atomic E-state index is 11.2. The number of sulfone groups is 1. The Morgan fingerprint density at radius 3 is 2.79 bits per heavy atom. The van der Waals surface area contributed by atoms with Gasteiger partial charge in [-0.05, 0) is 18.6 Å². The highest BCUT2D eigenvalue weighted by Gasteiger charge is 2.14. The minimum absolute atomic E-state index is 0.0975. The molecule has 0 unspecified atom stereocenters. The van der Waals surface area contributed by atoms with E-state index in [9.17, 15) is 8.42 Å². The fraction of sp³-hybridized carbons (Fsp3) is 0.263. The lowest BCUT2D eigenvalue weighted by atomic mass is 10.1. The number of ether oxygens (including phenoxy) is 2. The summed E-state index contributed by atoms with van der Waals surface area (Å²) >= 11 is 0. The van der Waals surface area contributed by atoms with Crippen molar-refractivity contribution in [2.24, 2.45) is 0 Å². The monoisotopic (exact) mass is 413 g/mol. The van der Waals surface area contributed by atoms with Gasteiger partial charge in [-0.25, -0.2) is 23.4 Å². The number of fused-ring (bicyclic) bond motifs is 2. The van der Waals surface area contributed by atoms with Crippen LogP contribution in [0.3, 0.4) is 0 Å². The Morgan fingerprint density at radius 2 is 2.00 bits per heavy atom. The first-order valence-electron chi connectivity index (χ1n) is 8.88. The number of methoxy groups -OCH3 is 1. The van der Waals surface area contributed by atoms with E-state index < -0.39 is 9.84 Å². The first-order chi connectivity index (χ1) is 13.9. The van der Waals surface area contributed by atoms with Gasteiger partial charge in [0.2, 0.25) is 0 Å². The average Bonchev–Trinajstić information content (AvgIpc) is 3.12. The van der Waals surface area contributed by atoms with Gasteiger partial charge in [0.1, 0.15) is 27.6 Å². The third-order valence-corrected chi connectivity index (χ3v) is 5.41. The Hall–Kier alpha value is -3.27. The van der Waals surface area contributed by atoms with Crippen LogP contribution in [-0.4, -0.2) is 59.1 Å². The third kappa shape index (κ3) is 4.11. The van der Waals surface area contributed by atoms with Crippen LogP contribution >= 0.6 is 0 Å². The van der Waals surface area contributed by atoms with Crippen molar-refractivity contribution in [3.63, 3.8) is 0 Å². The number of nitrogens with zero attached hydrogens (tertiary/aromatic N) is 4. The molecule has 0 amide bonds. The number of nitrogens with one attached hydrogen (secondary N) is 1. The largest absolute Gasteiger partial charge is 0.493 e. The molecular formula is C19H19N5O4S. The Morgan fingerprint density at radius 1 is 1.14 bits per heavy atom. The molecule has 150 valence electrons. The number of hydrogen-bond donors (Lipinski definition) is 1. The molecule has 0 saturated heterocycles. The van der Waals surface area contributed by atoms with Gasteiger partial charge < -0.3 is 14.5 Å². The molecule has 0 spiro atoms. The molecule has 0 aliphatic heterocycles. The van der Waals surface area contributed by atoms with Crippen LogP contribution < -0.4 is 9.47 Å². The summed E-state index contributed by atoms with van der Waals surface area (Å²) in [6.45, 7) is 0.318. The second kappa shape index (κ2) is 7.63. The molecule has 3 aromatic heterocycles. The van der Waals surface area contributed by atoms with Crippen LogP contribution in [0.1, 0.15) is 6.42 Å². The van der Waals surface area contributed by atoms with Crippen molar-refractivity contribution in [2.75, 3.05) is 25.7 Å². The van der Waals surface area contributed by atoms with E-state index >= 15 is 0 Å². The summed E-state index contributed by atoms with van der Waals surface area (Å²) < 4.78 is 33.1. The van der Waals surface area contributed by atoms with E-state index in [2.05, 4.69) is 24.9 Å². The summed E-state index contributed by atoms with van der Waals surface area (Å²) in [5.41, 5.74) is 2.99. The van der Waals surface area contributed by atoms with Gasteiger partial charge in [-0.2, -0.15) is 4.98 Å². The van der Waals surface area contributed by atoms with Gasteiger partial charge in [-0.3, -0.25) is 0 Å². The molecular weight excluding hydrogens is 394 g/mol. The van der Waals surface area contributed by atoms with Gasteiger partial charge in [-0.1, -0.05) is 0 Å². The van der Waals surface area contributed by atoms with Crippen molar-refractivity contribution in [3.8, 4) is 23.0 Å². The fourth-order valence-electron chi connectivity index (χ4n) is 3.04. The van der Waals surface area contributed by atoms with Crippen LogP contribution in [0.5, 0.6) is 11.8 Å². The van der Waals surface area contributed by atoms with Gasteiger partial charge in [-0.15, -0.1) is 0 Å². The van der Waals surface area contributed by atoms with Crippen molar-refractivity contribution in [1.29, 1.82) is 0 Å². The summed E-state index contributed by atoms with van der Waals surface area (Å²) in [7, 11) is -1.47. The first kappa shape index (κ1) is 19.1. The quantitative estimate of drug-likeness (QED) is 0.459. The minimum atomic E-state index is -2.99. The molecule has 1 N–H and O–H groups in total. The highest BCUT2D eigenvalue weighted by Crippen LogP contribution is 2.32. The highest BCUT2D eigenvalue weighted by molar-refractivity contribution is 7.90. The zero-order chi connectivity index (χ0) is 20.4. The number of benzene rings is 1. The Balaban J connectivity index is 1.63. The standard InChI is InChI=1S/C19H19N5O4S/c1-27-19-21-10-15-14(9-20-18(15)24-19)17-13-5-4-12(8-16(13)22-11-23-17)28-6-3-7-29(2,25)26/h4-5,8-11H,3,6-7H2,1-2H3,(H,20,21,24). The van der Waals surface area contributed by atoms with Crippen LogP contribution in [0.4, 0.5) is 0 Å². The van der Waals surface area contributed by atoms with Crippen molar-refractivity contribution in [2.45, 2.75) is 6.42 Å². The summed E-state index contributed by atoms with van der Waals surface area (Å²) in [4.78, 5) is 20.4. The Kier molecular flexibility index (Phi) is 5.01. The maximum absolute atomic E-state index is 11.2. The number of aromatic amines is 1. The van der Waals surface area contributed by atoms with Crippen LogP contribution in [-0.2, 0) is 9.84 Å². The molecule has 1 aromatic carbocycles. The van der Waals surface area contributed by atoms with E-state index in [0.29, 0.717) is 24.4 Å². The van der Waals surface area contributed by atoms with Gasteiger partial charge in [0.25, 0.3) is 0 Å². The van der Waals surface area contributed by atoms with Crippen LogP contribution in [0, 0.1) is 0 Å². The van der Waals surface area contributed by atoms with E-state index in [0.717, 1.165) is 27.5 Å². The fourth-order valence-corrected chi connectivity index (χ4v) is 3.68. The predicted molar refractivity (Wildman–Crippen MR) is 109 cm³/mol. The van der Waals surface area contributed by atoms with Crippen LogP contribution in [0.2, 0.25) is 0 Å². The second-order valence-electron chi connectivity index (χ2n) is 6.55. The van der Waals surface area contributed by atoms with Gasteiger partial charge in [0, 0.05) is 41.1 Å².